The number of unbranched alkanes of at least 4 members (excludes halogenated alkanes) is 1. The van der Waals surface area contributed by atoms with E-state index < -0.39 is 33.4 Å². The Hall–Kier alpha value is -2.92. The molecule has 0 unspecified atom stereocenters. The largest absolute Gasteiger partial charge is 0.493 e. The highest BCUT2D eigenvalue weighted by atomic mass is 79.9. The summed E-state index contributed by atoms with van der Waals surface area (Å²) in [6.07, 6.45) is 2.80. The molecule has 3 rings (SSSR count). The highest BCUT2D eigenvalue weighted by Gasteiger charge is 2.43. The maximum Gasteiger partial charge on any atom is 0.264 e. The zero-order valence-electron chi connectivity index (χ0n) is 20.4. The second-order valence-corrected chi connectivity index (χ2v) is 11.3. The van der Waals surface area contributed by atoms with Crippen LogP contribution in [0.4, 0.5) is 5.69 Å². The summed E-state index contributed by atoms with van der Waals surface area (Å²) in [5, 5.41) is 3.51. The number of hydrogen-bond donors (Lipinski definition) is 1. The first-order chi connectivity index (χ1) is 17.1. The lowest BCUT2D eigenvalue weighted by Crippen LogP contribution is -2.37. The summed E-state index contributed by atoms with van der Waals surface area (Å²) in [5.74, 6) is -1.26. The molecule has 0 aromatic heterocycles. The van der Waals surface area contributed by atoms with Gasteiger partial charge in [0.15, 0.2) is 11.5 Å². The Balaban J connectivity index is 2.02. The molecule has 0 spiro atoms. The molecule has 1 atom stereocenters. The molecule has 3 amide bonds. The van der Waals surface area contributed by atoms with Gasteiger partial charge in [-0.05, 0) is 49.6 Å². The maximum absolute atomic E-state index is 13.6. The molecule has 194 valence electrons. The van der Waals surface area contributed by atoms with E-state index in [0.717, 1.165) is 22.9 Å². The van der Waals surface area contributed by atoms with Crippen molar-refractivity contribution in [1.29, 1.82) is 0 Å². The number of alkyl halides is 1. The van der Waals surface area contributed by atoms with E-state index in [2.05, 4.69) is 21.2 Å². The molecule has 1 aliphatic rings. The van der Waals surface area contributed by atoms with Gasteiger partial charge in [-0.3, -0.25) is 19.3 Å². The van der Waals surface area contributed by atoms with Gasteiger partial charge in [0.05, 0.1) is 42.3 Å². The Bertz CT molecular complexity index is 1260. The zero-order valence-corrected chi connectivity index (χ0v) is 22.8. The number of methoxy groups -OCH3 is 1. The molecule has 1 N–H and O–H groups in total. The Morgan fingerprint density at radius 1 is 1.11 bits per heavy atom. The number of rotatable bonds is 12. The average Bonchev–Trinajstić information content (AvgIpc) is 3.08. The standard InChI is InChI=1S/C25H29BrN2O7S/c1-4-35-21-14-16(11-12-20(21)34-2)19(15-36(3,32)33)28-24(30)17-8-7-9-18(23(17)25(28)31)27-22(29)10-5-6-13-26/h7-9,11-12,14,19H,4-6,10,13,15H2,1-3H3,(H,27,29)/t19-/m1/s1. The molecule has 2 aromatic rings. The Labute approximate surface area is 219 Å². The van der Waals surface area contributed by atoms with E-state index in [9.17, 15) is 22.8 Å². The van der Waals surface area contributed by atoms with Gasteiger partial charge < -0.3 is 14.8 Å². The Morgan fingerprint density at radius 2 is 1.86 bits per heavy atom. The van der Waals surface area contributed by atoms with Gasteiger partial charge in [-0.1, -0.05) is 28.1 Å². The van der Waals surface area contributed by atoms with Crippen molar-refractivity contribution in [3.05, 3.63) is 53.1 Å². The van der Waals surface area contributed by atoms with Crippen LogP contribution in [0, 0.1) is 0 Å². The lowest BCUT2D eigenvalue weighted by molar-refractivity contribution is -0.116. The van der Waals surface area contributed by atoms with Gasteiger partial charge in [-0.25, -0.2) is 8.42 Å². The van der Waals surface area contributed by atoms with Gasteiger partial charge in [-0.2, -0.15) is 0 Å². The second kappa shape index (κ2) is 11.9. The molecular weight excluding hydrogens is 552 g/mol. The molecule has 0 saturated carbocycles. The number of hydrogen-bond acceptors (Lipinski definition) is 7. The Morgan fingerprint density at radius 3 is 2.50 bits per heavy atom. The van der Waals surface area contributed by atoms with Crippen LogP contribution in [0.15, 0.2) is 36.4 Å². The van der Waals surface area contributed by atoms with E-state index in [0.29, 0.717) is 30.1 Å². The lowest BCUT2D eigenvalue weighted by Gasteiger charge is -2.27. The minimum Gasteiger partial charge on any atom is -0.493 e. The van der Waals surface area contributed by atoms with Gasteiger partial charge >= 0.3 is 0 Å². The molecular formula is C25H29BrN2O7S. The molecule has 0 bridgehead atoms. The molecule has 0 radical (unpaired) electrons. The van der Waals surface area contributed by atoms with E-state index in [-0.39, 0.29) is 29.1 Å². The molecule has 1 aliphatic heterocycles. The summed E-state index contributed by atoms with van der Waals surface area (Å²) in [4.78, 5) is 40.4. The molecule has 0 aliphatic carbocycles. The van der Waals surface area contributed by atoms with Gasteiger partial charge in [0, 0.05) is 18.0 Å². The fourth-order valence-corrected chi connectivity index (χ4v) is 5.37. The number of benzene rings is 2. The maximum atomic E-state index is 13.6. The van der Waals surface area contributed by atoms with Crippen LogP contribution >= 0.6 is 15.9 Å². The fourth-order valence-electron chi connectivity index (χ4n) is 4.06. The first-order valence-corrected chi connectivity index (χ1v) is 14.6. The molecule has 9 nitrogen and oxygen atoms in total. The van der Waals surface area contributed by atoms with Crippen molar-refractivity contribution >= 4 is 49.2 Å². The number of fused-ring (bicyclic) bond motifs is 1. The summed E-state index contributed by atoms with van der Waals surface area (Å²) in [5.41, 5.74) is 0.781. The van der Waals surface area contributed by atoms with Crippen LogP contribution < -0.4 is 14.8 Å². The molecule has 11 heteroatoms. The summed E-state index contributed by atoms with van der Waals surface area (Å²) >= 11 is 3.33. The monoisotopic (exact) mass is 580 g/mol. The summed E-state index contributed by atoms with van der Waals surface area (Å²) in [7, 11) is -2.14. The summed E-state index contributed by atoms with van der Waals surface area (Å²) < 4.78 is 35.7. The van der Waals surface area contributed by atoms with Crippen LogP contribution in [-0.4, -0.2) is 62.1 Å². The van der Waals surface area contributed by atoms with E-state index in [1.54, 1.807) is 37.3 Å². The van der Waals surface area contributed by atoms with Crippen molar-refractivity contribution in [1.82, 2.24) is 4.90 Å². The first-order valence-electron chi connectivity index (χ1n) is 11.5. The van der Waals surface area contributed by atoms with Gasteiger partial charge in [-0.15, -0.1) is 0 Å². The lowest BCUT2D eigenvalue weighted by atomic mass is 10.1. The van der Waals surface area contributed by atoms with Crippen molar-refractivity contribution in [2.45, 2.75) is 32.2 Å². The minimum atomic E-state index is -3.62. The number of nitrogens with one attached hydrogen (secondary N) is 1. The van der Waals surface area contributed by atoms with Crippen LogP contribution in [0.5, 0.6) is 11.5 Å². The molecule has 0 fully saturated rings. The van der Waals surface area contributed by atoms with Crippen LogP contribution in [0.3, 0.4) is 0 Å². The highest BCUT2D eigenvalue weighted by molar-refractivity contribution is 9.09. The second-order valence-electron chi connectivity index (χ2n) is 8.35. The van der Waals surface area contributed by atoms with Crippen molar-refractivity contribution in [2.75, 3.05) is 36.4 Å². The van der Waals surface area contributed by atoms with Gasteiger partial charge in [0.25, 0.3) is 11.8 Å². The normalized spacial score (nSPS) is 13.9. The van der Waals surface area contributed by atoms with Crippen LogP contribution in [0.25, 0.3) is 0 Å². The smallest absolute Gasteiger partial charge is 0.264 e. The van der Waals surface area contributed by atoms with Crippen molar-refractivity contribution in [3.63, 3.8) is 0 Å². The number of imide groups is 1. The first kappa shape index (κ1) is 27.7. The van der Waals surface area contributed by atoms with E-state index >= 15 is 0 Å². The predicted octanol–water partition coefficient (Wildman–Crippen LogP) is 3.98. The third-order valence-corrected chi connectivity index (χ3v) is 7.13. The Kier molecular flexibility index (Phi) is 9.13. The van der Waals surface area contributed by atoms with E-state index in [1.807, 2.05) is 0 Å². The molecule has 2 aromatic carbocycles. The predicted molar refractivity (Wildman–Crippen MR) is 140 cm³/mol. The number of anilines is 1. The van der Waals surface area contributed by atoms with Crippen LogP contribution in [0.1, 0.15) is 58.5 Å². The van der Waals surface area contributed by atoms with Crippen molar-refractivity contribution in [2.24, 2.45) is 0 Å². The van der Waals surface area contributed by atoms with Crippen LogP contribution in [-0.2, 0) is 14.6 Å². The number of amides is 3. The van der Waals surface area contributed by atoms with E-state index in [1.165, 1.54) is 13.2 Å². The highest BCUT2D eigenvalue weighted by Crippen LogP contribution is 2.38. The molecule has 36 heavy (non-hydrogen) atoms. The number of nitrogens with zero attached hydrogens (tertiary/aromatic N) is 1. The molecule has 0 saturated heterocycles. The van der Waals surface area contributed by atoms with Gasteiger partial charge in [0.2, 0.25) is 5.91 Å². The number of ether oxygens (including phenoxy) is 2. The third kappa shape index (κ3) is 6.25. The summed E-state index contributed by atoms with van der Waals surface area (Å²) in [6.45, 7) is 2.13. The zero-order chi connectivity index (χ0) is 26.5. The van der Waals surface area contributed by atoms with Gasteiger partial charge in [0.1, 0.15) is 9.84 Å². The minimum absolute atomic E-state index is 0.0494. The van der Waals surface area contributed by atoms with Crippen molar-refractivity contribution < 1.29 is 32.3 Å². The summed E-state index contributed by atoms with van der Waals surface area (Å²) in [6, 6.07) is 8.30. The topological polar surface area (TPSA) is 119 Å². The van der Waals surface area contributed by atoms with Crippen LogP contribution in [0.2, 0.25) is 0 Å². The number of carbonyl (C=O) groups is 3. The average molecular weight is 581 g/mol. The fraction of sp³-hybridized carbons (Fsp3) is 0.400. The number of sulfone groups is 1. The van der Waals surface area contributed by atoms with Crippen molar-refractivity contribution in [3.8, 4) is 11.5 Å². The molecule has 1 heterocycles. The SMILES string of the molecule is CCOc1cc([C@@H](CS(C)(=O)=O)N2C(=O)c3cccc(NC(=O)CCCCBr)c3C2=O)ccc1OC. The number of carbonyl (C=O) groups excluding carboxylic acids is 3. The third-order valence-electron chi connectivity index (χ3n) is 5.65. The quantitative estimate of drug-likeness (QED) is 0.229. The van der Waals surface area contributed by atoms with E-state index in [4.69, 9.17) is 9.47 Å². The number of halogens is 1.